The third-order valence-electron chi connectivity index (χ3n) is 2.27. The lowest BCUT2D eigenvalue weighted by Gasteiger charge is -2.08. The van der Waals surface area contributed by atoms with Crippen LogP contribution in [-0.2, 0) is 0 Å². The number of methoxy groups -OCH3 is 1. The minimum Gasteiger partial charge on any atom is -0.497 e. The van der Waals surface area contributed by atoms with Gasteiger partial charge in [-0.2, -0.15) is 0 Å². The van der Waals surface area contributed by atoms with E-state index in [-0.39, 0.29) is 0 Å². The summed E-state index contributed by atoms with van der Waals surface area (Å²) in [5.74, 6) is 1.14. The number of nitrogen functional groups attached to an aromatic ring is 1. The van der Waals surface area contributed by atoms with E-state index in [0.29, 0.717) is 11.0 Å². The molecule has 4 nitrogen and oxygen atoms in total. The molecule has 0 radical (unpaired) electrons. The van der Waals surface area contributed by atoms with Crippen LogP contribution in [0.25, 0.3) is 5.69 Å². The molecule has 0 fully saturated rings. The Labute approximate surface area is 98.6 Å². The van der Waals surface area contributed by atoms with Gasteiger partial charge in [-0.15, -0.1) is 0 Å². The van der Waals surface area contributed by atoms with Crippen molar-refractivity contribution in [2.75, 3.05) is 12.8 Å². The number of imidazole rings is 1. The molecule has 1 heterocycles. The van der Waals surface area contributed by atoms with Crippen molar-refractivity contribution in [1.29, 1.82) is 0 Å². The van der Waals surface area contributed by atoms with Crippen molar-refractivity contribution in [1.82, 2.24) is 9.55 Å². The van der Waals surface area contributed by atoms with E-state index in [1.807, 2.05) is 19.2 Å². The molecular weight excluding hydrogens is 226 g/mol. The molecule has 0 amide bonds. The van der Waals surface area contributed by atoms with Crippen molar-refractivity contribution in [3.8, 4) is 11.4 Å². The lowest BCUT2D eigenvalue weighted by Crippen LogP contribution is -2.00. The quantitative estimate of drug-likeness (QED) is 0.873. The Morgan fingerprint density at radius 3 is 2.75 bits per heavy atom. The summed E-state index contributed by atoms with van der Waals surface area (Å²) >= 11 is 6.11. The van der Waals surface area contributed by atoms with Gasteiger partial charge in [0.15, 0.2) is 0 Å². The van der Waals surface area contributed by atoms with Crippen molar-refractivity contribution < 1.29 is 4.74 Å². The number of aryl methyl sites for hydroxylation is 1. The first-order chi connectivity index (χ1) is 7.61. The Morgan fingerprint density at radius 2 is 2.19 bits per heavy atom. The van der Waals surface area contributed by atoms with Gasteiger partial charge in [-0.05, 0) is 19.1 Å². The van der Waals surface area contributed by atoms with Gasteiger partial charge in [0.1, 0.15) is 5.75 Å². The molecule has 1 aromatic heterocycles. The fourth-order valence-corrected chi connectivity index (χ4v) is 1.72. The zero-order valence-corrected chi connectivity index (χ0v) is 9.82. The van der Waals surface area contributed by atoms with Crippen molar-refractivity contribution in [3.63, 3.8) is 0 Å². The Hall–Kier alpha value is -1.68. The number of hydrogen-bond donors (Lipinski definition) is 1. The minimum absolute atomic E-state index is 0.410. The van der Waals surface area contributed by atoms with Crippen LogP contribution in [0.2, 0.25) is 5.02 Å². The molecule has 0 aliphatic heterocycles. The number of benzene rings is 1. The van der Waals surface area contributed by atoms with E-state index in [1.54, 1.807) is 23.8 Å². The summed E-state index contributed by atoms with van der Waals surface area (Å²) in [6.07, 6.45) is 1.83. The molecule has 0 saturated heterocycles. The number of anilines is 1. The van der Waals surface area contributed by atoms with Crippen LogP contribution in [0, 0.1) is 6.92 Å². The zero-order valence-electron chi connectivity index (χ0n) is 9.07. The summed E-state index contributed by atoms with van der Waals surface area (Å²) in [4.78, 5) is 4.13. The number of rotatable bonds is 2. The van der Waals surface area contributed by atoms with E-state index >= 15 is 0 Å². The molecule has 0 aliphatic rings. The molecule has 0 bridgehead atoms. The molecule has 5 heteroatoms. The molecule has 0 saturated carbocycles. The van der Waals surface area contributed by atoms with Gasteiger partial charge >= 0.3 is 0 Å². The molecule has 16 heavy (non-hydrogen) atoms. The van der Waals surface area contributed by atoms with Crippen molar-refractivity contribution in [3.05, 3.63) is 35.1 Å². The second kappa shape index (κ2) is 4.06. The summed E-state index contributed by atoms with van der Waals surface area (Å²) in [6, 6.07) is 5.39. The van der Waals surface area contributed by atoms with Crippen molar-refractivity contribution in [2.45, 2.75) is 6.92 Å². The highest BCUT2D eigenvalue weighted by molar-refractivity contribution is 6.32. The average Bonchev–Trinajstić information content (AvgIpc) is 2.58. The maximum absolute atomic E-state index is 6.11. The number of halogens is 1. The van der Waals surface area contributed by atoms with Gasteiger partial charge in [0.25, 0.3) is 0 Å². The predicted molar refractivity (Wildman–Crippen MR) is 64.3 cm³/mol. The van der Waals surface area contributed by atoms with E-state index in [4.69, 9.17) is 22.1 Å². The largest absolute Gasteiger partial charge is 0.497 e. The third kappa shape index (κ3) is 1.84. The first kappa shape index (κ1) is 10.8. The molecule has 0 atom stereocenters. The predicted octanol–water partition coefficient (Wildman–Crippen LogP) is 2.42. The number of nitrogens with zero attached hydrogens (tertiary/aromatic N) is 2. The average molecular weight is 238 g/mol. The van der Waals surface area contributed by atoms with Crippen LogP contribution in [0.3, 0.4) is 0 Å². The topological polar surface area (TPSA) is 53.1 Å². The highest BCUT2D eigenvalue weighted by atomic mass is 35.5. The Kier molecular flexibility index (Phi) is 2.75. The monoisotopic (exact) mass is 237 g/mol. The van der Waals surface area contributed by atoms with Crippen LogP contribution in [0.1, 0.15) is 5.69 Å². The smallest absolute Gasteiger partial charge is 0.205 e. The molecule has 2 N–H and O–H groups in total. The van der Waals surface area contributed by atoms with Gasteiger partial charge in [-0.3, -0.25) is 4.57 Å². The Balaban J connectivity index is 2.58. The van der Waals surface area contributed by atoms with Gasteiger partial charge in [0.05, 0.1) is 23.5 Å². The Morgan fingerprint density at radius 1 is 1.44 bits per heavy atom. The molecule has 0 unspecified atom stereocenters. The summed E-state index contributed by atoms with van der Waals surface area (Å²) in [7, 11) is 1.61. The maximum atomic E-state index is 6.11. The second-order valence-electron chi connectivity index (χ2n) is 3.43. The van der Waals surface area contributed by atoms with Crippen LogP contribution in [-0.4, -0.2) is 16.7 Å². The van der Waals surface area contributed by atoms with Gasteiger partial charge < -0.3 is 10.5 Å². The number of nitrogens with two attached hydrogens (primary N) is 1. The van der Waals surface area contributed by atoms with Crippen LogP contribution in [0.15, 0.2) is 24.4 Å². The first-order valence-corrected chi connectivity index (χ1v) is 5.15. The number of ether oxygens (including phenoxy) is 1. The summed E-state index contributed by atoms with van der Waals surface area (Å²) in [5.41, 5.74) is 7.39. The zero-order chi connectivity index (χ0) is 11.7. The summed E-state index contributed by atoms with van der Waals surface area (Å²) < 4.78 is 6.88. The van der Waals surface area contributed by atoms with Gasteiger partial charge in [0.2, 0.25) is 5.95 Å². The lowest BCUT2D eigenvalue weighted by atomic mass is 10.3. The number of aromatic nitrogens is 2. The number of hydrogen-bond acceptors (Lipinski definition) is 3. The highest BCUT2D eigenvalue weighted by Crippen LogP contribution is 2.27. The van der Waals surface area contributed by atoms with E-state index in [0.717, 1.165) is 17.1 Å². The fourth-order valence-electron chi connectivity index (χ4n) is 1.51. The summed E-state index contributed by atoms with van der Waals surface area (Å²) in [5, 5.41) is 0.602. The van der Waals surface area contributed by atoms with E-state index in [9.17, 15) is 0 Å². The first-order valence-electron chi connectivity index (χ1n) is 4.77. The third-order valence-corrected chi connectivity index (χ3v) is 2.59. The van der Waals surface area contributed by atoms with Crippen molar-refractivity contribution in [2.24, 2.45) is 0 Å². The molecule has 2 rings (SSSR count). The molecule has 1 aromatic carbocycles. The molecule has 0 spiro atoms. The molecule has 2 aromatic rings. The summed E-state index contributed by atoms with van der Waals surface area (Å²) in [6.45, 7) is 1.88. The van der Waals surface area contributed by atoms with E-state index in [2.05, 4.69) is 4.98 Å². The van der Waals surface area contributed by atoms with Crippen LogP contribution < -0.4 is 10.5 Å². The van der Waals surface area contributed by atoms with Crippen LogP contribution in [0.4, 0.5) is 5.95 Å². The Bertz CT molecular complexity index is 522. The van der Waals surface area contributed by atoms with Gasteiger partial charge in [0, 0.05) is 12.3 Å². The van der Waals surface area contributed by atoms with E-state index < -0.39 is 0 Å². The SMILES string of the molecule is COc1ccc(Cl)c(-n2cc(C)nc2N)c1. The normalized spacial score (nSPS) is 10.4. The molecule has 84 valence electrons. The highest BCUT2D eigenvalue weighted by Gasteiger charge is 2.09. The van der Waals surface area contributed by atoms with Gasteiger partial charge in [-0.1, -0.05) is 11.6 Å². The van der Waals surface area contributed by atoms with Crippen LogP contribution in [0.5, 0.6) is 5.75 Å². The van der Waals surface area contributed by atoms with Gasteiger partial charge in [-0.25, -0.2) is 4.98 Å². The van der Waals surface area contributed by atoms with Crippen molar-refractivity contribution >= 4 is 17.5 Å². The lowest BCUT2D eigenvalue weighted by molar-refractivity contribution is 0.414. The van der Waals surface area contributed by atoms with E-state index in [1.165, 1.54) is 0 Å². The minimum atomic E-state index is 0.410. The maximum Gasteiger partial charge on any atom is 0.205 e. The second-order valence-corrected chi connectivity index (χ2v) is 3.84. The fraction of sp³-hybridized carbons (Fsp3) is 0.182. The molecule has 0 aliphatic carbocycles. The standard InChI is InChI=1S/C11H12ClN3O/c1-7-6-15(11(13)14-7)10-5-8(16-2)3-4-9(10)12/h3-6H,1-2H3,(H2,13,14). The van der Waals surface area contributed by atoms with Crippen LogP contribution >= 0.6 is 11.6 Å². The molecular formula is C11H12ClN3O.